The molecule has 4 aromatic rings. The average molecular weight is 673 g/mol. The van der Waals surface area contributed by atoms with E-state index in [9.17, 15) is 14.1 Å². The van der Waals surface area contributed by atoms with Crippen LogP contribution in [-0.4, -0.2) is 35.7 Å². The number of carboxylic acids is 1. The fourth-order valence-electron chi connectivity index (χ4n) is 5.07. The van der Waals surface area contributed by atoms with Crippen molar-refractivity contribution in [3.05, 3.63) is 120 Å². The van der Waals surface area contributed by atoms with E-state index in [0.717, 1.165) is 33.6 Å². The number of carbonyl (C=O) groups is 1. The monoisotopic (exact) mass is 672 g/mol. The van der Waals surface area contributed by atoms with E-state index >= 15 is 0 Å². The van der Waals surface area contributed by atoms with Crippen molar-refractivity contribution in [2.75, 3.05) is 0 Å². The molecule has 0 aliphatic carbocycles. The van der Waals surface area contributed by atoms with E-state index < -0.39 is 26.9 Å². The maximum atomic E-state index is 14.3. The Balaban J connectivity index is 0.00000520. The predicted molar refractivity (Wildman–Crippen MR) is 184 cm³/mol. The van der Waals surface area contributed by atoms with Crippen LogP contribution in [0.25, 0.3) is 11.1 Å². The summed E-state index contributed by atoms with van der Waals surface area (Å²) in [4.78, 5) is 26.0. The largest absolute Gasteiger partial charge is 1.00 e. The van der Waals surface area contributed by atoms with Gasteiger partial charge in [0.15, 0.2) is 0 Å². The number of ether oxygens (including phenoxy) is 1. The molecule has 5 rings (SSSR count). The molecule has 1 aliphatic heterocycles. The molecule has 2 atom stereocenters. The molecule has 1 aromatic carbocycles. The molecule has 0 saturated carbocycles. The Hall–Kier alpha value is -3.63. The van der Waals surface area contributed by atoms with Crippen LogP contribution in [0.2, 0.25) is 0 Å². The molecule has 0 saturated heterocycles. The second-order valence-corrected chi connectivity index (χ2v) is 15.6. The molecule has 0 spiro atoms. The number of carbonyl (C=O) groups excluding carboxylic acids is 1. The van der Waals surface area contributed by atoms with E-state index in [1.165, 1.54) is 0 Å². The van der Waals surface area contributed by atoms with Gasteiger partial charge < -0.3 is 19.2 Å². The van der Waals surface area contributed by atoms with Crippen molar-refractivity contribution in [1.29, 1.82) is 0 Å². The number of hydrogen-bond donors (Lipinski definition) is 0. The minimum absolute atomic E-state index is 0. The van der Waals surface area contributed by atoms with Gasteiger partial charge >= 0.3 is 29.6 Å². The zero-order chi connectivity index (χ0) is 33.8. The quantitative estimate of drug-likeness (QED) is 0.226. The van der Waals surface area contributed by atoms with Crippen LogP contribution in [0.1, 0.15) is 68.9 Å². The van der Waals surface area contributed by atoms with Crippen molar-refractivity contribution in [2.24, 2.45) is 10.4 Å². The summed E-state index contributed by atoms with van der Waals surface area (Å²) in [6, 6.07) is 23.6. The number of benzene rings is 1. The van der Waals surface area contributed by atoms with Crippen LogP contribution in [0.5, 0.6) is 5.75 Å². The second kappa shape index (κ2) is 15.7. The fraction of sp³-hybridized carbons (Fsp3) is 0.316. The Bertz CT molecular complexity index is 1840. The summed E-state index contributed by atoms with van der Waals surface area (Å²) in [6.07, 6.45) is 7.46. The van der Waals surface area contributed by atoms with Crippen LogP contribution in [0, 0.1) is 12.3 Å². The first-order valence-electron chi connectivity index (χ1n) is 15.6. The molecule has 8 nitrogen and oxygen atoms in total. The first kappa shape index (κ1) is 37.2. The summed E-state index contributed by atoms with van der Waals surface area (Å²) in [5.74, 6) is -0.600. The minimum Gasteiger partial charge on any atom is -0.550 e. The number of rotatable bonds is 11. The molecule has 0 fully saturated rings. The molecule has 48 heavy (non-hydrogen) atoms. The summed E-state index contributed by atoms with van der Waals surface area (Å²) in [5.41, 5.74) is 4.91. The second-order valence-electron chi connectivity index (χ2n) is 13.4. The van der Waals surface area contributed by atoms with Gasteiger partial charge in [-0.1, -0.05) is 50.2 Å². The van der Waals surface area contributed by atoms with E-state index in [1.807, 2.05) is 93.3 Å². The van der Waals surface area contributed by atoms with Crippen LogP contribution in [-0.2, 0) is 35.2 Å². The van der Waals surface area contributed by atoms with Crippen molar-refractivity contribution in [3.63, 3.8) is 0 Å². The van der Waals surface area contributed by atoms with Crippen LogP contribution in [0.3, 0.4) is 0 Å². The van der Waals surface area contributed by atoms with Crippen LogP contribution in [0.15, 0.2) is 101 Å². The van der Waals surface area contributed by atoms with Gasteiger partial charge in [0.25, 0.3) is 0 Å². The third kappa shape index (κ3) is 9.50. The van der Waals surface area contributed by atoms with Gasteiger partial charge in [-0.2, -0.15) is 0 Å². The van der Waals surface area contributed by atoms with E-state index in [4.69, 9.17) is 4.74 Å². The Morgan fingerprint density at radius 3 is 2.25 bits per heavy atom. The van der Waals surface area contributed by atoms with Crippen molar-refractivity contribution >= 4 is 23.0 Å². The van der Waals surface area contributed by atoms with E-state index in [2.05, 4.69) is 45.3 Å². The van der Waals surface area contributed by atoms with Crippen LogP contribution in [0.4, 0.5) is 0 Å². The molecule has 244 valence electrons. The van der Waals surface area contributed by atoms with Gasteiger partial charge in [-0.3, -0.25) is 19.2 Å². The molecular weight excluding hydrogens is 631 g/mol. The molecule has 0 amide bonds. The van der Waals surface area contributed by atoms with Gasteiger partial charge in [-0.15, -0.1) is 0 Å². The summed E-state index contributed by atoms with van der Waals surface area (Å²) in [7, 11) is -1.51. The van der Waals surface area contributed by atoms with E-state index in [-0.39, 0.29) is 48.6 Å². The molecule has 0 radical (unpaired) electrons. The number of hydrogen-bond acceptors (Lipinski definition) is 7. The fourth-order valence-corrected chi connectivity index (χ4v) is 6.44. The van der Waals surface area contributed by atoms with Crippen molar-refractivity contribution in [3.8, 4) is 16.9 Å². The van der Waals surface area contributed by atoms with Gasteiger partial charge in [0, 0.05) is 58.7 Å². The molecule has 0 N–H and O–H groups in total. The van der Waals surface area contributed by atoms with Crippen molar-refractivity contribution in [2.45, 2.75) is 76.8 Å². The molecule has 4 heterocycles. The predicted octanol–water partition coefficient (Wildman–Crippen LogP) is 3.36. The number of carboxylic acid groups (broad SMARTS) is 1. The Morgan fingerprint density at radius 1 is 0.958 bits per heavy atom. The van der Waals surface area contributed by atoms with Gasteiger partial charge in [0.05, 0.1) is 27.1 Å². The van der Waals surface area contributed by atoms with Crippen molar-refractivity contribution in [1.82, 2.24) is 14.5 Å². The third-order valence-electron chi connectivity index (χ3n) is 7.90. The smallest absolute Gasteiger partial charge is 0.550 e. The number of pyridine rings is 2. The third-order valence-corrected chi connectivity index (χ3v) is 9.94. The molecule has 1 aliphatic rings. The van der Waals surface area contributed by atoms with Gasteiger partial charge in [0.2, 0.25) is 0 Å². The van der Waals surface area contributed by atoms with Gasteiger partial charge in [-0.25, -0.2) is 0 Å². The Labute approximate surface area is 307 Å². The number of aromatic nitrogens is 3. The molecular formula is C38H41N4NaO4S. The summed E-state index contributed by atoms with van der Waals surface area (Å²) >= 11 is 0. The Kier molecular flexibility index (Phi) is 12.2. The average Bonchev–Trinajstić information content (AvgIpc) is 3.88. The van der Waals surface area contributed by atoms with Crippen molar-refractivity contribution < 1.29 is 48.4 Å². The SMILES string of the molecule is Cc1cc(OCc2ccccn2)cccn(Cc2ccc(-c3ccc(C4C=N4)nc3)cc2)c(CC(C)(C)C(=O)[O-])c1S(=O)C(C)(C)C.[Na+]. The maximum Gasteiger partial charge on any atom is 1.00 e. The summed E-state index contributed by atoms with van der Waals surface area (Å²) in [5, 5.41) is 12.3. The zero-order valence-electron chi connectivity index (χ0n) is 28.8. The normalized spacial score (nSPS) is 14.4. The number of aliphatic imine (C=N–C) groups is 1. The first-order valence-corrected chi connectivity index (χ1v) is 16.8. The van der Waals surface area contributed by atoms with Gasteiger partial charge in [0.1, 0.15) is 18.4 Å². The zero-order valence-corrected chi connectivity index (χ0v) is 31.6. The first-order chi connectivity index (χ1) is 22.3. The molecule has 0 bridgehead atoms. The number of nitrogens with zero attached hydrogens (tertiary/aromatic N) is 4. The van der Waals surface area contributed by atoms with Crippen LogP contribution < -0.4 is 39.4 Å². The van der Waals surface area contributed by atoms with Gasteiger partial charge in [-0.05, 0) is 87.2 Å². The molecule has 10 heteroatoms. The minimum atomic E-state index is -1.51. The van der Waals surface area contributed by atoms with Crippen LogP contribution >= 0.6 is 0 Å². The standard InChI is InChI=1S/C38H42N4O4S.Na/c1-26-20-31(46-25-30-10-7-8-18-39-30)11-9-19-42(34(21-38(5,6)36(43)44)35(26)47(45)37(2,3)4)24-27-12-14-28(15-13-27)29-16-17-32(40-22-29)33-23-41-33;/h7-20,22-23,33H,21,24-25H2,1-6H3,(H,43,44);/q;+1/p-1. The maximum absolute atomic E-state index is 14.3. The number of aliphatic carboxylic acids is 1. The topological polar surface area (TPSA) is 110 Å². The molecule has 3 aromatic heterocycles. The number of aryl methyl sites for hydroxylation is 1. The van der Waals surface area contributed by atoms with E-state index in [1.54, 1.807) is 20.0 Å². The summed E-state index contributed by atoms with van der Waals surface area (Å²) < 4.78 is 21.9. The summed E-state index contributed by atoms with van der Waals surface area (Å²) in [6.45, 7) is 11.6. The Morgan fingerprint density at radius 2 is 1.67 bits per heavy atom. The molecule has 2 unspecified atom stereocenters. The van der Waals surface area contributed by atoms with E-state index in [0.29, 0.717) is 22.9 Å².